The van der Waals surface area contributed by atoms with Crippen molar-refractivity contribution < 1.29 is 9.53 Å². The number of para-hydroxylation sites is 1. The van der Waals surface area contributed by atoms with Crippen LogP contribution in [0.25, 0.3) is 10.9 Å². The van der Waals surface area contributed by atoms with Gasteiger partial charge in [-0.25, -0.2) is 5.84 Å². The van der Waals surface area contributed by atoms with E-state index in [1.165, 1.54) is 0 Å². The van der Waals surface area contributed by atoms with Gasteiger partial charge >= 0.3 is 0 Å². The Morgan fingerprint density at radius 1 is 1.41 bits per heavy atom. The van der Waals surface area contributed by atoms with E-state index in [4.69, 9.17) is 10.6 Å². The highest BCUT2D eigenvalue weighted by Gasteiger charge is 2.14. The van der Waals surface area contributed by atoms with E-state index in [2.05, 4.69) is 4.98 Å². The lowest BCUT2D eigenvalue weighted by Crippen LogP contribution is -2.40. The predicted octanol–water partition coefficient (Wildman–Crippen LogP) is 0.992. The van der Waals surface area contributed by atoms with Crippen LogP contribution in [-0.2, 0) is 4.79 Å². The first-order valence-electron chi connectivity index (χ1n) is 5.23. The molecule has 1 amide bonds. The van der Waals surface area contributed by atoms with Crippen LogP contribution in [-0.4, -0.2) is 17.0 Å². The Hall–Kier alpha value is -2.14. The van der Waals surface area contributed by atoms with Gasteiger partial charge in [-0.15, -0.1) is 0 Å². The van der Waals surface area contributed by atoms with Crippen LogP contribution in [0.15, 0.2) is 36.5 Å². The Bertz CT molecular complexity index is 537. The van der Waals surface area contributed by atoms with Gasteiger partial charge in [0.05, 0.1) is 0 Å². The number of benzene rings is 1. The second-order valence-corrected chi connectivity index (χ2v) is 3.60. The number of nitrogens with two attached hydrogens (primary N) is 1. The number of nitrogens with zero attached hydrogens (tertiary/aromatic N) is 1. The van der Waals surface area contributed by atoms with E-state index >= 15 is 0 Å². The molecule has 3 N–H and O–H groups in total. The van der Waals surface area contributed by atoms with Crippen LogP contribution in [0.1, 0.15) is 6.92 Å². The normalized spacial score (nSPS) is 12.1. The summed E-state index contributed by atoms with van der Waals surface area (Å²) >= 11 is 0. The molecule has 0 saturated heterocycles. The molecule has 1 heterocycles. The van der Waals surface area contributed by atoms with Crippen molar-refractivity contribution in [3.05, 3.63) is 36.5 Å². The molecule has 0 aliphatic carbocycles. The number of nitrogens with one attached hydrogen (secondary N) is 1. The molecule has 0 aliphatic rings. The summed E-state index contributed by atoms with van der Waals surface area (Å²) in [6.45, 7) is 1.63. The van der Waals surface area contributed by atoms with Gasteiger partial charge in [0, 0.05) is 11.6 Å². The van der Waals surface area contributed by atoms with Crippen LogP contribution >= 0.6 is 0 Å². The highest BCUT2D eigenvalue weighted by atomic mass is 16.5. The van der Waals surface area contributed by atoms with E-state index in [1.807, 2.05) is 29.7 Å². The fourth-order valence-electron chi connectivity index (χ4n) is 1.53. The number of carbonyl (C=O) groups excluding carboxylic acids is 1. The third kappa shape index (κ3) is 2.34. The molecular formula is C12H13N3O2. The Morgan fingerprint density at radius 2 is 2.18 bits per heavy atom. The largest absolute Gasteiger partial charge is 0.479 e. The van der Waals surface area contributed by atoms with E-state index in [0.717, 1.165) is 10.9 Å². The van der Waals surface area contributed by atoms with Crippen molar-refractivity contribution in [2.45, 2.75) is 13.0 Å². The molecule has 2 aromatic rings. The van der Waals surface area contributed by atoms with E-state index in [-0.39, 0.29) is 5.91 Å². The molecule has 17 heavy (non-hydrogen) atoms. The number of pyridine rings is 1. The highest BCUT2D eigenvalue weighted by molar-refractivity contribution is 5.85. The first kappa shape index (κ1) is 11.3. The molecule has 0 saturated carbocycles. The molecule has 1 atom stereocenters. The Labute approximate surface area is 98.6 Å². The lowest BCUT2D eigenvalue weighted by molar-refractivity contribution is -0.127. The molecule has 0 fully saturated rings. The van der Waals surface area contributed by atoms with E-state index in [9.17, 15) is 4.79 Å². The van der Waals surface area contributed by atoms with Gasteiger partial charge in [-0.3, -0.25) is 15.2 Å². The third-order valence-electron chi connectivity index (χ3n) is 2.41. The molecule has 2 rings (SSSR count). The summed E-state index contributed by atoms with van der Waals surface area (Å²) in [6.07, 6.45) is 1.02. The van der Waals surface area contributed by atoms with Gasteiger partial charge in [-0.05, 0) is 19.1 Å². The van der Waals surface area contributed by atoms with E-state index in [1.54, 1.807) is 19.2 Å². The van der Waals surface area contributed by atoms with Crippen LogP contribution in [0.5, 0.6) is 5.75 Å². The highest BCUT2D eigenvalue weighted by Crippen LogP contribution is 2.23. The number of rotatable bonds is 3. The number of hydrogen-bond acceptors (Lipinski definition) is 4. The van der Waals surface area contributed by atoms with Crippen LogP contribution in [0, 0.1) is 0 Å². The topological polar surface area (TPSA) is 77.2 Å². The summed E-state index contributed by atoms with van der Waals surface area (Å²) in [6, 6.07) is 9.34. The average Bonchev–Trinajstić information content (AvgIpc) is 2.38. The number of hydrazine groups is 1. The first-order chi connectivity index (χ1) is 8.22. The lowest BCUT2D eigenvalue weighted by atomic mass is 10.2. The number of carbonyl (C=O) groups is 1. The molecule has 5 nitrogen and oxygen atoms in total. The summed E-state index contributed by atoms with van der Waals surface area (Å²) in [5.74, 6) is 5.24. The van der Waals surface area contributed by atoms with Crippen molar-refractivity contribution >= 4 is 16.8 Å². The minimum atomic E-state index is -0.660. The fraction of sp³-hybridized carbons (Fsp3) is 0.167. The zero-order valence-corrected chi connectivity index (χ0v) is 9.38. The van der Waals surface area contributed by atoms with Gasteiger partial charge in [0.2, 0.25) is 0 Å². The molecule has 0 bridgehead atoms. The van der Waals surface area contributed by atoms with Gasteiger partial charge < -0.3 is 4.74 Å². The van der Waals surface area contributed by atoms with Gasteiger partial charge in [-0.1, -0.05) is 18.2 Å². The second-order valence-electron chi connectivity index (χ2n) is 3.60. The van der Waals surface area contributed by atoms with Crippen molar-refractivity contribution in [2.75, 3.05) is 0 Å². The van der Waals surface area contributed by atoms with Crippen LogP contribution in [0.3, 0.4) is 0 Å². The molecule has 0 aliphatic heterocycles. The molecule has 1 unspecified atom stereocenters. The van der Waals surface area contributed by atoms with E-state index in [0.29, 0.717) is 5.75 Å². The predicted molar refractivity (Wildman–Crippen MR) is 64.2 cm³/mol. The maximum Gasteiger partial charge on any atom is 0.274 e. The zero-order valence-electron chi connectivity index (χ0n) is 9.38. The van der Waals surface area contributed by atoms with Crippen LogP contribution in [0.2, 0.25) is 0 Å². The monoisotopic (exact) mass is 231 g/mol. The van der Waals surface area contributed by atoms with Gasteiger partial charge in [-0.2, -0.15) is 0 Å². The number of aromatic nitrogens is 1. The van der Waals surface area contributed by atoms with Crippen molar-refractivity contribution in [1.82, 2.24) is 10.4 Å². The number of ether oxygens (including phenoxy) is 1. The number of hydrogen-bond donors (Lipinski definition) is 2. The second kappa shape index (κ2) is 4.80. The summed E-state index contributed by atoms with van der Waals surface area (Å²) in [7, 11) is 0. The molecule has 0 radical (unpaired) electrons. The fourth-order valence-corrected chi connectivity index (χ4v) is 1.53. The summed E-state index contributed by atoms with van der Waals surface area (Å²) < 4.78 is 5.53. The third-order valence-corrected chi connectivity index (χ3v) is 2.41. The summed E-state index contributed by atoms with van der Waals surface area (Å²) in [5.41, 5.74) is 2.78. The van der Waals surface area contributed by atoms with E-state index < -0.39 is 6.10 Å². The van der Waals surface area contributed by atoms with Gasteiger partial charge in [0.1, 0.15) is 11.3 Å². The summed E-state index contributed by atoms with van der Waals surface area (Å²) in [5, 5.41) is 0.963. The van der Waals surface area contributed by atoms with Crippen LogP contribution in [0.4, 0.5) is 0 Å². The van der Waals surface area contributed by atoms with Crippen molar-refractivity contribution in [1.29, 1.82) is 0 Å². The lowest BCUT2D eigenvalue weighted by Gasteiger charge is -2.13. The minimum absolute atomic E-state index is 0.377. The number of amides is 1. The maximum absolute atomic E-state index is 11.3. The standard InChI is InChI=1S/C12H13N3O2/c1-8(12(16)15-13)17-10-6-2-4-9-5-3-7-14-11(9)10/h2-8H,13H2,1H3,(H,15,16). The molecule has 88 valence electrons. The maximum atomic E-state index is 11.3. The van der Waals surface area contributed by atoms with Gasteiger partial charge in [0.15, 0.2) is 6.10 Å². The van der Waals surface area contributed by atoms with Crippen molar-refractivity contribution in [3.8, 4) is 5.75 Å². The number of fused-ring (bicyclic) bond motifs is 1. The average molecular weight is 231 g/mol. The first-order valence-corrected chi connectivity index (χ1v) is 5.23. The quantitative estimate of drug-likeness (QED) is 0.469. The molecule has 5 heteroatoms. The zero-order chi connectivity index (χ0) is 12.3. The Kier molecular flexibility index (Phi) is 3.20. The minimum Gasteiger partial charge on any atom is -0.479 e. The Morgan fingerprint density at radius 3 is 2.94 bits per heavy atom. The SMILES string of the molecule is CC(Oc1cccc2cccnc12)C(=O)NN. The molecular weight excluding hydrogens is 218 g/mol. The molecule has 1 aromatic carbocycles. The van der Waals surface area contributed by atoms with Gasteiger partial charge in [0.25, 0.3) is 5.91 Å². The van der Waals surface area contributed by atoms with Crippen molar-refractivity contribution in [3.63, 3.8) is 0 Å². The molecule has 0 spiro atoms. The summed E-state index contributed by atoms with van der Waals surface area (Å²) in [4.78, 5) is 15.5. The van der Waals surface area contributed by atoms with Crippen molar-refractivity contribution in [2.24, 2.45) is 5.84 Å². The Balaban J connectivity index is 2.33. The smallest absolute Gasteiger partial charge is 0.274 e. The molecule has 1 aromatic heterocycles. The van der Waals surface area contributed by atoms with Crippen LogP contribution < -0.4 is 16.0 Å².